The minimum Gasteiger partial charge on any atom is -0.466 e. The van der Waals surface area contributed by atoms with Crippen LogP contribution in [0.25, 0.3) is 0 Å². The average Bonchev–Trinajstić information content (AvgIpc) is 2.75. The summed E-state index contributed by atoms with van der Waals surface area (Å²) in [5, 5.41) is 2.76. The van der Waals surface area contributed by atoms with Gasteiger partial charge in [0.05, 0.1) is 0 Å². The van der Waals surface area contributed by atoms with Gasteiger partial charge in [-0.15, -0.1) is 0 Å². The summed E-state index contributed by atoms with van der Waals surface area (Å²) in [6, 6.07) is 7.46. The second-order valence-corrected chi connectivity index (χ2v) is 5.19. The van der Waals surface area contributed by atoms with E-state index in [1.807, 2.05) is 25.1 Å². The molecular weight excluding hydrogens is 308 g/mol. The number of halogens is 1. The lowest BCUT2D eigenvalue weighted by Gasteiger charge is -2.04. The predicted molar refractivity (Wildman–Crippen MR) is 76.9 cm³/mol. The molecule has 2 aromatic heterocycles. The molecule has 2 rings (SSSR count). The van der Waals surface area contributed by atoms with Crippen LogP contribution < -0.4 is 5.32 Å². The van der Waals surface area contributed by atoms with Crippen molar-refractivity contribution in [1.82, 2.24) is 4.98 Å². The predicted octanol–water partition coefficient (Wildman–Crippen LogP) is 3.71. The van der Waals surface area contributed by atoms with Gasteiger partial charge in [-0.2, -0.15) is 0 Å². The summed E-state index contributed by atoms with van der Waals surface area (Å²) in [5.41, 5.74) is 0. The number of furan rings is 1. The molecule has 0 aliphatic carbocycles. The molecule has 4 nitrogen and oxygen atoms in total. The number of pyridine rings is 1. The van der Waals surface area contributed by atoms with E-state index in [4.69, 9.17) is 4.42 Å². The molecule has 0 aromatic carbocycles. The summed E-state index contributed by atoms with van der Waals surface area (Å²) in [6.45, 7) is 1.91. The van der Waals surface area contributed by atoms with E-state index < -0.39 is 0 Å². The third-order valence-corrected chi connectivity index (χ3v) is 3.11. The zero-order valence-corrected chi connectivity index (χ0v) is 12.2. The van der Waals surface area contributed by atoms with Crippen LogP contribution in [0.15, 0.2) is 39.4 Å². The first-order chi connectivity index (χ1) is 9.13. The van der Waals surface area contributed by atoms with E-state index in [0.29, 0.717) is 12.2 Å². The highest BCUT2D eigenvalue weighted by atomic mass is 79.9. The highest BCUT2D eigenvalue weighted by molar-refractivity contribution is 9.10. The first-order valence-corrected chi connectivity index (χ1v) is 6.89. The summed E-state index contributed by atoms with van der Waals surface area (Å²) in [7, 11) is 0. The lowest BCUT2D eigenvalue weighted by Crippen LogP contribution is -2.12. The van der Waals surface area contributed by atoms with E-state index in [2.05, 4.69) is 26.2 Å². The molecule has 0 spiro atoms. The van der Waals surface area contributed by atoms with Gasteiger partial charge in [-0.1, -0.05) is 15.9 Å². The van der Waals surface area contributed by atoms with E-state index in [-0.39, 0.29) is 5.91 Å². The molecular formula is C14H15BrN2O2. The number of nitrogens with one attached hydrogen (secondary N) is 1. The monoisotopic (exact) mass is 322 g/mol. The Balaban J connectivity index is 1.76. The number of carbonyl (C=O) groups excluding carboxylic acids is 1. The number of aromatic nitrogens is 1. The third-order valence-electron chi connectivity index (χ3n) is 2.61. The van der Waals surface area contributed by atoms with Crippen molar-refractivity contribution >= 4 is 27.7 Å². The largest absolute Gasteiger partial charge is 0.466 e. The Morgan fingerprint density at radius 3 is 2.95 bits per heavy atom. The van der Waals surface area contributed by atoms with Crippen LogP contribution in [0.2, 0.25) is 0 Å². The zero-order valence-electron chi connectivity index (χ0n) is 10.6. The van der Waals surface area contributed by atoms with Crippen molar-refractivity contribution in [2.24, 2.45) is 0 Å². The first kappa shape index (κ1) is 13.8. The molecule has 2 heterocycles. The Morgan fingerprint density at radius 2 is 2.26 bits per heavy atom. The van der Waals surface area contributed by atoms with Gasteiger partial charge in [0.25, 0.3) is 0 Å². The SMILES string of the molecule is Cc1ccc(CCCC(=O)Nc2cc(Br)ccn2)o1. The number of anilines is 1. The number of aryl methyl sites for hydroxylation is 2. The van der Waals surface area contributed by atoms with E-state index >= 15 is 0 Å². The highest BCUT2D eigenvalue weighted by Gasteiger charge is 2.05. The Hall–Kier alpha value is -1.62. The molecule has 0 atom stereocenters. The zero-order chi connectivity index (χ0) is 13.7. The fourth-order valence-corrected chi connectivity index (χ4v) is 2.06. The number of carbonyl (C=O) groups is 1. The van der Waals surface area contributed by atoms with E-state index in [1.165, 1.54) is 0 Å². The fraction of sp³-hybridized carbons (Fsp3) is 0.286. The van der Waals surface area contributed by atoms with E-state index in [0.717, 1.165) is 28.8 Å². The Bertz CT molecular complexity index is 566. The second-order valence-electron chi connectivity index (χ2n) is 4.27. The van der Waals surface area contributed by atoms with E-state index in [9.17, 15) is 4.79 Å². The Kier molecular flexibility index (Phi) is 4.74. The standard InChI is InChI=1S/C14H15BrN2O2/c1-10-5-6-12(19-10)3-2-4-14(18)17-13-9-11(15)7-8-16-13/h5-9H,2-4H2,1H3,(H,16,17,18). The summed E-state index contributed by atoms with van der Waals surface area (Å²) in [4.78, 5) is 15.8. The molecule has 0 fully saturated rings. The summed E-state index contributed by atoms with van der Waals surface area (Å²) < 4.78 is 6.34. The molecule has 0 unspecified atom stereocenters. The Labute approximate surface area is 120 Å². The van der Waals surface area contributed by atoms with Crippen molar-refractivity contribution in [1.29, 1.82) is 0 Å². The van der Waals surface area contributed by atoms with E-state index in [1.54, 1.807) is 12.3 Å². The molecule has 100 valence electrons. The van der Waals surface area contributed by atoms with Crippen molar-refractivity contribution in [3.05, 3.63) is 46.5 Å². The van der Waals surface area contributed by atoms with Crippen molar-refractivity contribution in [2.45, 2.75) is 26.2 Å². The van der Waals surface area contributed by atoms with Crippen LogP contribution in [0.4, 0.5) is 5.82 Å². The summed E-state index contributed by atoms with van der Waals surface area (Å²) >= 11 is 3.33. The van der Waals surface area contributed by atoms with Crippen LogP contribution in [-0.4, -0.2) is 10.9 Å². The van der Waals surface area contributed by atoms with Gasteiger partial charge in [0, 0.05) is 23.5 Å². The normalized spacial score (nSPS) is 10.4. The minimum absolute atomic E-state index is 0.0334. The van der Waals surface area contributed by atoms with Crippen LogP contribution in [0, 0.1) is 6.92 Å². The van der Waals surface area contributed by atoms with Crippen LogP contribution in [-0.2, 0) is 11.2 Å². The molecule has 0 saturated carbocycles. The van der Waals surface area contributed by atoms with Gasteiger partial charge in [-0.05, 0) is 37.6 Å². The van der Waals surface area contributed by atoms with Crippen LogP contribution in [0.5, 0.6) is 0 Å². The smallest absolute Gasteiger partial charge is 0.225 e. The van der Waals surface area contributed by atoms with Crippen molar-refractivity contribution in [2.75, 3.05) is 5.32 Å². The van der Waals surface area contributed by atoms with Crippen LogP contribution in [0.3, 0.4) is 0 Å². The van der Waals surface area contributed by atoms with Gasteiger partial charge in [0.15, 0.2) is 0 Å². The average molecular weight is 323 g/mol. The maximum absolute atomic E-state index is 11.7. The molecule has 0 radical (unpaired) electrons. The van der Waals surface area contributed by atoms with Gasteiger partial charge in [-0.3, -0.25) is 4.79 Å². The minimum atomic E-state index is -0.0334. The lowest BCUT2D eigenvalue weighted by atomic mass is 10.2. The van der Waals surface area contributed by atoms with Crippen molar-refractivity contribution < 1.29 is 9.21 Å². The van der Waals surface area contributed by atoms with Gasteiger partial charge >= 0.3 is 0 Å². The second kappa shape index (κ2) is 6.52. The summed E-state index contributed by atoms with van der Waals surface area (Å²) in [6.07, 6.45) is 3.62. The molecule has 0 aliphatic heterocycles. The number of hydrogen-bond acceptors (Lipinski definition) is 3. The van der Waals surface area contributed by atoms with Crippen molar-refractivity contribution in [3.63, 3.8) is 0 Å². The first-order valence-electron chi connectivity index (χ1n) is 6.10. The molecule has 0 aliphatic rings. The topological polar surface area (TPSA) is 55.1 Å². The molecule has 5 heteroatoms. The molecule has 0 bridgehead atoms. The van der Waals surface area contributed by atoms with Crippen molar-refractivity contribution in [3.8, 4) is 0 Å². The maximum Gasteiger partial charge on any atom is 0.225 e. The molecule has 19 heavy (non-hydrogen) atoms. The number of nitrogens with zero attached hydrogens (tertiary/aromatic N) is 1. The van der Waals surface area contributed by atoms with Gasteiger partial charge in [-0.25, -0.2) is 4.98 Å². The highest BCUT2D eigenvalue weighted by Crippen LogP contribution is 2.14. The maximum atomic E-state index is 11.7. The third kappa shape index (κ3) is 4.52. The number of hydrogen-bond donors (Lipinski definition) is 1. The number of amides is 1. The van der Waals surface area contributed by atoms with Gasteiger partial charge in [0.1, 0.15) is 17.3 Å². The van der Waals surface area contributed by atoms with Gasteiger partial charge < -0.3 is 9.73 Å². The fourth-order valence-electron chi connectivity index (χ4n) is 1.72. The lowest BCUT2D eigenvalue weighted by molar-refractivity contribution is -0.116. The summed E-state index contributed by atoms with van der Waals surface area (Å²) in [5.74, 6) is 2.35. The Morgan fingerprint density at radius 1 is 1.42 bits per heavy atom. The molecule has 2 aromatic rings. The van der Waals surface area contributed by atoms with Crippen LogP contribution in [0.1, 0.15) is 24.4 Å². The molecule has 0 saturated heterocycles. The van der Waals surface area contributed by atoms with Crippen LogP contribution >= 0.6 is 15.9 Å². The molecule has 1 amide bonds. The quantitative estimate of drug-likeness (QED) is 0.913. The number of rotatable bonds is 5. The molecule has 1 N–H and O–H groups in total. The van der Waals surface area contributed by atoms with Gasteiger partial charge in [0.2, 0.25) is 5.91 Å².